The number of fused-ring (bicyclic) bond motifs is 5. The van der Waals surface area contributed by atoms with Crippen molar-refractivity contribution >= 4 is 32.0 Å². The molecule has 1 aliphatic heterocycles. The van der Waals surface area contributed by atoms with E-state index in [1.807, 2.05) is 0 Å². The van der Waals surface area contributed by atoms with Gasteiger partial charge in [0.15, 0.2) is 25.8 Å². The fourth-order valence-electron chi connectivity index (χ4n) is 9.53. The highest BCUT2D eigenvalue weighted by Gasteiger charge is 2.78. The predicted octanol–water partition coefficient (Wildman–Crippen LogP) is 4.69. The number of hydrogen-bond acceptors (Lipinski definition) is 12. The van der Waals surface area contributed by atoms with E-state index in [4.69, 9.17) is 28.1 Å². The van der Waals surface area contributed by atoms with Crippen LogP contribution in [0.4, 0.5) is 0 Å². The number of Topliss-reactive ketones (excluding diaryl/α,β-unsaturated/α-hetero) is 1. The van der Waals surface area contributed by atoms with E-state index in [9.17, 15) is 24.6 Å². The molecule has 1 heterocycles. The van der Waals surface area contributed by atoms with E-state index in [0.29, 0.717) is 11.3 Å². The Morgan fingerprint density at radius 2 is 1.67 bits per heavy atom. The molecule has 1 aromatic carbocycles. The Hall–Kier alpha value is -3.10. The molecule has 5 rings (SSSR count). The third-order valence-electron chi connectivity index (χ3n) is 12.8. The van der Waals surface area contributed by atoms with Crippen LogP contribution >= 0.6 is 0 Å². The molecule has 0 radical (unpaired) electrons. The van der Waals surface area contributed by atoms with Crippen molar-refractivity contribution in [2.45, 2.75) is 135 Å². The molecule has 51 heavy (non-hydrogen) atoms. The zero-order valence-corrected chi connectivity index (χ0v) is 32.5. The highest BCUT2D eigenvalue weighted by molar-refractivity contribution is 6.73. The topological polar surface area (TPSA) is 164 Å². The fourth-order valence-corrected chi connectivity index (χ4v) is 12.5. The van der Waals surface area contributed by atoms with E-state index in [1.165, 1.54) is 27.0 Å². The van der Waals surface area contributed by atoms with Gasteiger partial charge in [-0.3, -0.25) is 14.4 Å². The van der Waals surface area contributed by atoms with Gasteiger partial charge in [0.2, 0.25) is 0 Å². The highest BCUT2D eigenvalue weighted by Crippen LogP contribution is 2.65. The molecule has 13 heteroatoms. The van der Waals surface area contributed by atoms with Crippen molar-refractivity contribution in [1.82, 2.24) is 0 Å². The van der Waals surface area contributed by atoms with E-state index in [2.05, 4.69) is 20.8 Å². The van der Waals surface area contributed by atoms with Crippen molar-refractivity contribution in [3.8, 4) is 5.75 Å². The minimum atomic E-state index is -2.50. The molecule has 1 saturated heterocycles. The molecule has 2 bridgehead atoms. The largest absolute Gasteiger partial charge is 0.497 e. The van der Waals surface area contributed by atoms with Crippen LogP contribution in [0.2, 0.25) is 18.1 Å². The Labute approximate surface area is 301 Å². The third-order valence-corrected chi connectivity index (χ3v) is 17.4. The molecule has 0 amide bonds. The number of carbonyl (C=O) groups excluding carboxylic acids is 4. The number of ether oxygens (including phenoxy) is 5. The lowest BCUT2D eigenvalue weighted by atomic mass is 9.44. The van der Waals surface area contributed by atoms with Gasteiger partial charge in [-0.25, -0.2) is 4.79 Å². The van der Waals surface area contributed by atoms with Gasteiger partial charge in [-0.15, -0.1) is 0 Å². The Morgan fingerprint density at radius 3 is 2.20 bits per heavy atom. The average Bonchev–Trinajstić information content (AvgIpc) is 3.07. The summed E-state index contributed by atoms with van der Waals surface area (Å²) in [5, 5.41) is 25.0. The van der Waals surface area contributed by atoms with E-state index in [0.717, 1.165) is 18.1 Å². The normalized spacial score (nSPS) is 35.6. The Bertz CT molecular complexity index is 1590. The number of aliphatic hydroxyl groups is 2. The van der Waals surface area contributed by atoms with Crippen LogP contribution < -0.4 is 4.74 Å². The number of aliphatic hydroxyl groups excluding tert-OH is 1. The van der Waals surface area contributed by atoms with Crippen molar-refractivity contribution in [3.63, 3.8) is 0 Å². The predicted molar refractivity (Wildman–Crippen MR) is 187 cm³/mol. The standard InChI is InChI=1S/C38H54O12Si/c1-11-51(12-2,13-3)50-27-18-28-37(20-46-28,49-23(6)40)31-33(48-34(43)24-15-14-16-25(17-24)45-10)38(44)19-26(41)21(4)29(35(38,7)8)30(47-22(5)39)32(42)36(27,31)9/h14-17,26-28,30-31,33,41,44H,11-13,18-20H2,1-10H3/t26-,27-,28+,30+,31-,33-,36+,37-,38+/m0/s1. The maximum absolute atomic E-state index is 15.7. The van der Waals surface area contributed by atoms with Gasteiger partial charge in [0, 0.05) is 32.1 Å². The number of esters is 3. The number of methoxy groups -OCH3 is 1. The SMILES string of the molecule is CC[Si](CC)(CC)O[C@H]1C[C@H]2OC[C@@]2(OC(C)=O)[C@H]2[C@H](OC(=O)c3cccc(OC)c3)[C@]3(O)C[C@H](O)C(C)=C([C@@H](OC(C)=O)C(=O)[C@]12C)C3(C)C. The first kappa shape index (κ1) is 39.1. The minimum Gasteiger partial charge on any atom is -0.497 e. The van der Waals surface area contributed by atoms with Crippen LogP contribution in [0.5, 0.6) is 5.75 Å². The summed E-state index contributed by atoms with van der Waals surface area (Å²) in [5.74, 6) is -3.65. The van der Waals surface area contributed by atoms with Gasteiger partial charge in [0.05, 0.1) is 42.8 Å². The monoisotopic (exact) mass is 730 g/mol. The number of carbonyl (C=O) groups is 4. The second kappa shape index (κ2) is 13.7. The summed E-state index contributed by atoms with van der Waals surface area (Å²) >= 11 is 0. The molecule has 0 unspecified atom stereocenters. The second-order valence-corrected chi connectivity index (χ2v) is 20.2. The Morgan fingerprint density at radius 1 is 1.02 bits per heavy atom. The molecule has 2 N–H and O–H groups in total. The first-order chi connectivity index (χ1) is 23.8. The van der Waals surface area contributed by atoms with Crippen LogP contribution in [0, 0.1) is 16.7 Å². The minimum absolute atomic E-state index is 0.118. The average molecular weight is 731 g/mol. The van der Waals surface area contributed by atoms with E-state index in [-0.39, 0.29) is 30.6 Å². The summed E-state index contributed by atoms with van der Waals surface area (Å²) in [4.78, 5) is 55.9. The summed E-state index contributed by atoms with van der Waals surface area (Å²) in [6, 6.07) is 8.60. The van der Waals surface area contributed by atoms with Gasteiger partial charge < -0.3 is 38.3 Å². The third kappa shape index (κ3) is 5.96. The lowest BCUT2D eigenvalue weighted by molar-refractivity contribution is -0.344. The van der Waals surface area contributed by atoms with Gasteiger partial charge >= 0.3 is 17.9 Å². The zero-order valence-electron chi connectivity index (χ0n) is 31.5. The maximum Gasteiger partial charge on any atom is 0.338 e. The maximum atomic E-state index is 15.7. The first-order valence-corrected chi connectivity index (χ1v) is 20.5. The summed E-state index contributed by atoms with van der Waals surface area (Å²) < 4.78 is 37.3. The van der Waals surface area contributed by atoms with Crippen LogP contribution in [0.15, 0.2) is 35.4 Å². The molecule has 2 saturated carbocycles. The van der Waals surface area contributed by atoms with Gasteiger partial charge in [-0.1, -0.05) is 40.7 Å². The van der Waals surface area contributed by atoms with E-state index in [1.54, 1.807) is 45.9 Å². The summed E-state index contributed by atoms with van der Waals surface area (Å²) in [6.45, 7) is 15.2. The second-order valence-electron chi connectivity index (χ2n) is 15.5. The number of ketones is 1. The molecule has 3 aliphatic carbocycles. The number of hydrogen-bond donors (Lipinski definition) is 2. The van der Waals surface area contributed by atoms with Crippen molar-refractivity contribution in [3.05, 3.63) is 41.0 Å². The Kier molecular flexibility index (Phi) is 10.5. The molecular formula is C38H54O12Si. The fraction of sp³-hybridized carbons (Fsp3) is 0.684. The van der Waals surface area contributed by atoms with Crippen molar-refractivity contribution in [2.75, 3.05) is 13.7 Å². The van der Waals surface area contributed by atoms with Gasteiger partial charge in [0.25, 0.3) is 0 Å². The molecule has 3 fully saturated rings. The van der Waals surface area contributed by atoms with Crippen LogP contribution in [-0.4, -0.2) is 97.7 Å². The van der Waals surface area contributed by atoms with Crippen LogP contribution in [0.1, 0.15) is 85.5 Å². The molecule has 4 aliphatic rings. The van der Waals surface area contributed by atoms with Crippen LogP contribution in [0.3, 0.4) is 0 Å². The molecule has 0 aromatic heterocycles. The molecule has 282 valence electrons. The number of benzene rings is 1. The van der Waals surface area contributed by atoms with E-state index < -0.39 is 90.5 Å². The molecule has 9 atom stereocenters. The van der Waals surface area contributed by atoms with Crippen LogP contribution in [-0.2, 0) is 37.8 Å². The smallest absolute Gasteiger partial charge is 0.338 e. The van der Waals surface area contributed by atoms with Gasteiger partial charge in [-0.2, -0.15) is 0 Å². The molecule has 0 spiro atoms. The lowest BCUT2D eigenvalue weighted by Crippen LogP contribution is -2.82. The van der Waals surface area contributed by atoms with E-state index >= 15 is 4.79 Å². The Balaban J connectivity index is 1.88. The number of rotatable bonds is 10. The van der Waals surface area contributed by atoms with Gasteiger partial charge in [0.1, 0.15) is 23.6 Å². The zero-order chi connectivity index (χ0) is 37.9. The molecular weight excluding hydrogens is 676 g/mol. The van der Waals surface area contributed by atoms with Crippen molar-refractivity contribution in [2.24, 2.45) is 16.7 Å². The first-order valence-electron chi connectivity index (χ1n) is 18.0. The summed E-state index contributed by atoms with van der Waals surface area (Å²) in [5.41, 5.74) is -6.08. The molecule has 1 aromatic rings. The summed E-state index contributed by atoms with van der Waals surface area (Å²) in [7, 11) is -1.03. The summed E-state index contributed by atoms with van der Waals surface area (Å²) in [6.07, 6.45) is -6.22. The van der Waals surface area contributed by atoms with Crippen molar-refractivity contribution < 1.29 is 57.5 Å². The lowest BCUT2D eigenvalue weighted by Gasteiger charge is -2.68. The van der Waals surface area contributed by atoms with Crippen LogP contribution in [0.25, 0.3) is 0 Å². The van der Waals surface area contributed by atoms with Crippen molar-refractivity contribution in [1.29, 1.82) is 0 Å². The molecule has 12 nitrogen and oxygen atoms in total. The van der Waals surface area contributed by atoms with Gasteiger partial charge in [-0.05, 0) is 61.3 Å². The highest BCUT2D eigenvalue weighted by atomic mass is 28.4. The quantitative estimate of drug-likeness (QED) is 0.148.